The molecule has 2 radical (unpaired) electrons. The molecule has 0 bridgehead atoms. The van der Waals surface area contributed by atoms with Crippen molar-refractivity contribution in [2.45, 2.75) is 25.6 Å². The van der Waals surface area contributed by atoms with E-state index in [1.165, 1.54) is 6.21 Å². The summed E-state index contributed by atoms with van der Waals surface area (Å²) in [5, 5.41) is 7.06. The summed E-state index contributed by atoms with van der Waals surface area (Å²) in [5.74, 6) is 0.637. The van der Waals surface area contributed by atoms with Crippen LogP contribution in [-0.4, -0.2) is 14.1 Å². The zero-order valence-electron chi connectivity index (χ0n) is 6.80. The van der Waals surface area contributed by atoms with Gasteiger partial charge in [-0.1, -0.05) is 12.7 Å². The molecule has 3 heteroatoms. The fraction of sp³-hybridized carbons (Fsp3) is 0.625. The van der Waals surface area contributed by atoms with Crippen LogP contribution in [0.2, 0.25) is 5.82 Å². The van der Waals surface area contributed by atoms with Gasteiger partial charge in [0.25, 0.3) is 0 Å². The predicted molar refractivity (Wildman–Crippen MR) is 47.9 cm³/mol. The number of rotatable bonds is 1. The van der Waals surface area contributed by atoms with Crippen LogP contribution in [-0.2, 0) is 0 Å². The number of nitrogens with two attached hydrogens (primary N) is 1. The summed E-state index contributed by atoms with van der Waals surface area (Å²) in [6.07, 6.45) is 2.92. The van der Waals surface area contributed by atoms with E-state index >= 15 is 0 Å². The van der Waals surface area contributed by atoms with Gasteiger partial charge in [-0.3, -0.25) is 0 Å². The van der Waals surface area contributed by atoms with E-state index in [4.69, 9.17) is 19.0 Å². The Labute approximate surface area is 68.8 Å². The number of allylic oxidation sites excluding steroid dienone is 2. The smallest absolute Gasteiger partial charge is 0.0707 e. The number of hydrogen-bond acceptors (Lipinski definition) is 2. The molecule has 0 aromatic rings. The minimum absolute atomic E-state index is 0.180. The van der Waals surface area contributed by atoms with Crippen molar-refractivity contribution in [3.63, 3.8) is 0 Å². The summed E-state index contributed by atoms with van der Waals surface area (Å²) in [6.45, 7) is 2.10. The molecule has 1 rings (SSSR count). The van der Waals surface area contributed by atoms with Gasteiger partial charge in [-0.05, 0) is 24.3 Å². The van der Waals surface area contributed by atoms with Crippen molar-refractivity contribution >= 4 is 14.1 Å². The first-order chi connectivity index (χ1) is 5.15. The van der Waals surface area contributed by atoms with E-state index in [0.29, 0.717) is 5.92 Å². The molecule has 0 amide bonds. The molecule has 1 aliphatic carbocycles. The molecule has 0 saturated carbocycles. The van der Waals surface area contributed by atoms with E-state index in [1.54, 1.807) is 0 Å². The van der Waals surface area contributed by atoms with Crippen LogP contribution in [0.1, 0.15) is 19.8 Å². The van der Waals surface area contributed by atoms with Gasteiger partial charge in [-0.15, -0.1) is 0 Å². The van der Waals surface area contributed by atoms with E-state index < -0.39 is 0 Å². The van der Waals surface area contributed by atoms with Crippen LogP contribution in [0.4, 0.5) is 0 Å². The Hall–Kier alpha value is -0.725. The zero-order valence-corrected chi connectivity index (χ0v) is 6.80. The molecule has 0 heterocycles. The fourth-order valence-corrected chi connectivity index (χ4v) is 1.37. The third kappa shape index (κ3) is 1.64. The van der Waals surface area contributed by atoms with Crippen molar-refractivity contribution in [1.82, 2.24) is 0 Å². The Kier molecular flexibility index (Phi) is 2.37. The van der Waals surface area contributed by atoms with Crippen LogP contribution in [0, 0.1) is 11.3 Å². The van der Waals surface area contributed by atoms with Crippen LogP contribution in [0.5, 0.6) is 0 Å². The van der Waals surface area contributed by atoms with Crippen molar-refractivity contribution in [3.8, 4) is 0 Å². The first-order valence-electron chi connectivity index (χ1n) is 3.88. The highest BCUT2D eigenvalue weighted by molar-refractivity contribution is 6.12. The molecular weight excluding hydrogens is 135 g/mol. The average Bonchev–Trinajstić information content (AvgIpc) is 1.97. The summed E-state index contributed by atoms with van der Waals surface area (Å²) in [7, 11) is 5.81. The Morgan fingerprint density at radius 3 is 2.82 bits per heavy atom. The average molecular weight is 148 g/mol. The molecule has 1 aliphatic rings. The summed E-state index contributed by atoms with van der Waals surface area (Å²) < 4.78 is 0. The van der Waals surface area contributed by atoms with Crippen molar-refractivity contribution < 1.29 is 0 Å². The summed E-state index contributed by atoms with van der Waals surface area (Å²) in [4.78, 5) is 0. The molecule has 0 aliphatic heterocycles. The second-order valence-corrected chi connectivity index (χ2v) is 3.24. The van der Waals surface area contributed by atoms with E-state index in [-0.39, 0.29) is 5.82 Å². The van der Waals surface area contributed by atoms with Crippen LogP contribution >= 0.6 is 0 Å². The lowest BCUT2D eigenvalue weighted by atomic mass is 9.68. The second kappa shape index (κ2) is 3.12. The molecule has 0 saturated heterocycles. The van der Waals surface area contributed by atoms with Gasteiger partial charge in [0.1, 0.15) is 0 Å². The highest BCUT2D eigenvalue weighted by atomic mass is 14.6. The van der Waals surface area contributed by atoms with Crippen molar-refractivity contribution in [3.05, 3.63) is 11.3 Å². The standard InChI is InChI=1S/C8H13BN2/c1-5-2-8(11)6(4-10)3-7(5)9/h4-5,7,10H,2-3,11H2,1H3. The molecule has 0 spiro atoms. The normalized spacial score (nSPS) is 32.1. The van der Waals surface area contributed by atoms with Crippen molar-refractivity contribution in [2.24, 2.45) is 11.7 Å². The molecule has 0 fully saturated rings. The van der Waals surface area contributed by atoms with Crippen LogP contribution < -0.4 is 5.73 Å². The minimum atomic E-state index is 0.180. The molecule has 3 N–H and O–H groups in total. The summed E-state index contributed by atoms with van der Waals surface area (Å²) in [5.41, 5.74) is 7.47. The maximum Gasteiger partial charge on any atom is 0.0707 e. The lowest BCUT2D eigenvalue weighted by Crippen LogP contribution is -2.19. The van der Waals surface area contributed by atoms with Gasteiger partial charge in [0, 0.05) is 11.9 Å². The first kappa shape index (κ1) is 8.37. The maximum absolute atomic E-state index is 7.06. The lowest BCUT2D eigenvalue weighted by Gasteiger charge is -2.27. The van der Waals surface area contributed by atoms with E-state index in [0.717, 1.165) is 24.1 Å². The number of hydrogen-bond donors (Lipinski definition) is 2. The van der Waals surface area contributed by atoms with Gasteiger partial charge in [-0.25, -0.2) is 0 Å². The van der Waals surface area contributed by atoms with E-state index in [9.17, 15) is 0 Å². The predicted octanol–water partition coefficient (Wildman–Crippen LogP) is 1.24. The molecule has 2 nitrogen and oxygen atoms in total. The maximum atomic E-state index is 7.06. The monoisotopic (exact) mass is 148 g/mol. The minimum Gasteiger partial charge on any atom is -0.402 e. The molecule has 2 unspecified atom stereocenters. The molecule has 11 heavy (non-hydrogen) atoms. The van der Waals surface area contributed by atoms with Crippen molar-refractivity contribution in [2.75, 3.05) is 0 Å². The first-order valence-corrected chi connectivity index (χ1v) is 3.88. The summed E-state index contributed by atoms with van der Waals surface area (Å²) >= 11 is 0. The van der Waals surface area contributed by atoms with Crippen molar-refractivity contribution in [1.29, 1.82) is 5.41 Å². The fourth-order valence-electron chi connectivity index (χ4n) is 1.37. The van der Waals surface area contributed by atoms with Gasteiger partial charge in [0.05, 0.1) is 7.85 Å². The largest absolute Gasteiger partial charge is 0.402 e. The Morgan fingerprint density at radius 2 is 2.27 bits per heavy atom. The van der Waals surface area contributed by atoms with Crippen LogP contribution in [0.25, 0.3) is 0 Å². The SMILES string of the molecule is [B]C1CC(C=N)=C(N)CC1C. The van der Waals surface area contributed by atoms with Gasteiger partial charge < -0.3 is 11.1 Å². The van der Waals surface area contributed by atoms with E-state index in [1.807, 2.05) is 0 Å². The van der Waals surface area contributed by atoms with Gasteiger partial charge >= 0.3 is 0 Å². The van der Waals surface area contributed by atoms with Gasteiger partial charge in [0.2, 0.25) is 0 Å². The van der Waals surface area contributed by atoms with Crippen LogP contribution in [0.3, 0.4) is 0 Å². The molecule has 2 atom stereocenters. The number of nitrogens with one attached hydrogen (secondary N) is 1. The molecule has 0 aromatic heterocycles. The van der Waals surface area contributed by atoms with Crippen LogP contribution in [0.15, 0.2) is 11.3 Å². The second-order valence-electron chi connectivity index (χ2n) is 3.24. The van der Waals surface area contributed by atoms with Gasteiger partial charge in [-0.2, -0.15) is 0 Å². The highest BCUT2D eigenvalue weighted by Gasteiger charge is 2.20. The lowest BCUT2D eigenvalue weighted by molar-refractivity contribution is 0.501. The Bertz CT molecular complexity index is 198. The molecule has 0 aromatic carbocycles. The Balaban J connectivity index is 2.78. The topological polar surface area (TPSA) is 49.9 Å². The van der Waals surface area contributed by atoms with Gasteiger partial charge in [0.15, 0.2) is 0 Å². The Morgan fingerprint density at radius 1 is 1.64 bits per heavy atom. The zero-order chi connectivity index (χ0) is 8.43. The quantitative estimate of drug-likeness (QED) is 0.426. The summed E-state index contributed by atoms with van der Waals surface area (Å²) in [6, 6.07) is 0. The van der Waals surface area contributed by atoms with E-state index in [2.05, 4.69) is 6.92 Å². The molecular formula is C8H13BN2. The highest BCUT2D eigenvalue weighted by Crippen LogP contribution is 2.32. The third-order valence-corrected chi connectivity index (χ3v) is 2.32. The third-order valence-electron chi connectivity index (χ3n) is 2.32. The molecule has 58 valence electrons.